The minimum atomic E-state index is -0.487. The van der Waals surface area contributed by atoms with Gasteiger partial charge in [-0.25, -0.2) is 4.79 Å². The minimum absolute atomic E-state index is 0.277. The smallest absolute Gasteiger partial charge is 0.337 e. The van der Waals surface area contributed by atoms with E-state index < -0.39 is 11.9 Å². The molecule has 6 nitrogen and oxygen atoms in total. The van der Waals surface area contributed by atoms with Gasteiger partial charge in [0.25, 0.3) is 5.91 Å². The molecule has 0 fully saturated rings. The first kappa shape index (κ1) is 19.1. The zero-order chi connectivity index (χ0) is 20.1. The Morgan fingerprint density at radius 1 is 1.07 bits per heavy atom. The lowest BCUT2D eigenvalue weighted by Gasteiger charge is -2.12. The standard InChI is InChI=1S/C22H19NO5/c1-14-7-8-16(22(26)27-2)11-19(14)23-21(25)13-28-20-10-9-15-5-3-4-6-17(15)18(20)12-24/h3-12H,13H2,1-2H3,(H,23,25). The molecule has 0 heterocycles. The lowest BCUT2D eigenvalue weighted by molar-refractivity contribution is -0.118. The number of amides is 1. The van der Waals surface area contributed by atoms with Crippen molar-refractivity contribution in [3.05, 3.63) is 71.3 Å². The number of carbonyl (C=O) groups is 3. The number of benzene rings is 3. The van der Waals surface area contributed by atoms with Gasteiger partial charge in [0, 0.05) is 5.69 Å². The van der Waals surface area contributed by atoms with Crippen LogP contribution in [0.2, 0.25) is 0 Å². The third-order valence-corrected chi connectivity index (χ3v) is 4.34. The summed E-state index contributed by atoms with van der Waals surface area (Å²) in [7, 11) is 1.29. The van der Waals surface area contributed by atoms with Crippen LogP contribution in [0.15, 0.2) is 54.6 Å². The third kappa shape index (κ3) is 4.01. The second-order valence-electron chi connectivity index (χ2n) is 6.17. The summed E-state index contributed by atoms with van der Waals surface area (Å²) in [6, 6.07) is 15.8. The van der Waals surface area contributed by atoms with Crippen LogP contribution in [0.4, 0.5) is 5.69 Å². The van der Waals surface area contributed by atoms with Gasteiger partial charge < -0.3 is 14.8 Å². The van der Waals surface area contributed by atoms with E-state index in [-0.39, 0.29) is 6.61 Å². The maximum atomic E-state index is 12.3. The molecule has 3 rings (SSSR count). The number of rotatable bonds is 6. The van der Waals surface area contributed by atoms with Crippen molar-refractivity contribution in [3.63, 3.8) is 0 Å². The van der Waals surface area contributed by atoms with E-state index in [1.807, 2.05) is 37.3 Å². The maximum absolute atomic E-state index is 12.3. The molecule has 6 heteroatoms. The number of aldehydes is 1. The second-order valence-corrected chi connectivity index (χ2v) is 6.17. The summed E-state index contributed by atoms with van der Waals surface area (Å²) in [5, 5.41) is 4.39. The van der Waals surface area contributed by atoms with Crippen molar-refractivity contribution in [2.75, 3.05) is 19.0 Å². The van der Waals surface area contributed by atoms with Gasteiger partial charge in [0.15, 0.2) is 12.9 Å². The number of anilines is 1. The number of hydrogen-bond donors (Lipinski definition) is 1. The van der Waals surface area contributed by atoms with Gasteiger partial charge in [-0.1, -0.05) is 36.4 Å². The summed E-state index contributed by atoms with van der Waals surface area (Å²) in [5.74, 6) is -0.558. The normalized spacial score (nSPS) is 10.4. The largest absolute Gasteiger partial charge is 0.483 e. The fourth-order valence-corrected chi connectivity index (χ4v) is 2.85. The first-order chi connectivity index (χ1) is 13.5. The van der Waals surface area contributed by atoms with Gasteiger partial charge in [-0.3, -0.25) is 9.59 Å². The van der Waals surface area contributed by atoms with E-state index in [4.69, 9.17) is 9.47 Å². The van der Waals surface area contributed by atoms with Gasteiger partial charge in [-0.05, 0) is 41.5 Å². The molecule has 0 aliphatic carbocycles. The van der Waals surface area contributed by atoms with E-state index in [0.29, 0.717) is 22.6 Å². The zero-order valence-electron chi connectivity index (χ0n) is 15.5. The number of hydrogen-bond acceptors (Lipinski definition) is 5. The average molecular weight is 377 g/mol. The van der Waals surface area contributed by atoms with Crippen LogP contribution < -0.4 is 10.1 Å². The van der Waals surface area contributed by atoms with Crippen LogP contribution in [0.25, 0.3) is 10.8 Å². The van der Waals surface area contributed by atoms with Crippen LogP contribution in [0.3, 0.4) is 0 Å². The number of nitrogens with one attached hydrogen (secondary N) is 1. The fourth-order valence-electron chi connectivity index (χ4n) is 2.85. The molecule has 0 aromatic heterocycles. The van der Waals surface area contributed by atoms with E-state index in [2.05, 4.69) is 5.32 Å². The van der Waals surface area contributed by atoms with Crippen LogP contribution in [-0.2, 0) is 9.53 Å². The summed E-state index contributed by atoms with van der Waals surface area (Å²) < 4.78 is 10.3. The molecule has 3 aromatic rings. The Labute approximate surface area is 162 Å². The monoisotopic (exact) mass is 377 g/mol. The Balaban J connectivity index is 1.74. The Morgan fingerprint density at radius 2 is 1.86 bits per heavy atom. The first-order valence-corrected chi connectivity index (χ1v) is 8.62. The van der Waals surface area contributed by atoms with Crippen LogP contribution in [0.5, 0.6) is 5.75 Å². The summed E-state index contributed by atoms with van der Waals surface area (Å²) in [5.41, 5.74) is 2.02. The highest BCUT2D eigenvalue weighted by molar-refractivity contribution is 6.01. The Kier molecular flexibility index (Phi) is 5.69. The van der Waals surface area contributed by atoms with E-state index >= 15 is 0 Å². The molecule has 28 heavy (non-hydrogen) atoms. The van der Waals surface area contributed by atoms with Crippen LogP contribution in [-0.4, -0.2) is 31.9 Å². The van der Waals surface area contributed by atoms with Crippen molar-refractivity contribution in [1.82, 2.24) is 0 Å². The summed E-state index contributed by atoms with van der Waals surface area (Å²) in [6.07, 6.45) is 0.722. The van der Waals surface area contributed by atoms with Gasteiger partial charge >= 0.3 is 5.97 Å². The molecule has 1 amide bonds. The van der Waals surface area contributed by atoms with Crippen LogP contribution in [0.1, 0.15) is 26.3 Å². The first-order valence-electron chi connectivity index (χ1n) is 8.62. The van der Waals surface area contributed by atoms with E-state index in [1.54, 1.807) is 24.3 Å². The number of carbonyl (C=O) groups excluding carboxylic acids is 3. The van der Waals surface area contributed by atoms with Gasteiger partial charge in [-0.2, -0.15) is 0 Å². The van der Waals surface area contributed by atoms with Crippen molar-refractivity contribution in [3.8, 4) is 5.75 Å². The maximum Gasteiger partial charge on any atom is 0.337 e. The quantitative estimate of drug-likeness (QED) is 0.522. The van der Waals surface area contributed by atoms with Crippen molar-refractivity contribution in [1.29, 1.82) is 0 Å². The van der Waals surface area contributed by atoms with E-state index in [0.717, 1.165) is 22.6 Å². The van der Waals surface area contributed by atoms with Crippen molar-refractivity contribution in [2.24, 2.45) is 0 Å². The lowest BCUT2D eigenvalue weighted by Crippen LogP contribution is -2.21. The Hall–Kier alpha value is -3.67. The topological polar surface area (TPSA) is 81.7 Å². The molecule has 142 valence electrons. The van der Waals surface area contributed by atoms with Crippen molar-refractivity contribution >= 4 is 34.6 Å². The molecule has 0 saturated heterocycles. The summed E-state index contributed by atoms with van der Waals surface area (Å²) in [6.45, 7) is 1.53. The van der Waals surface area contributed by atoms with Crippen molar-refractivity contribution in [2.45, 2.75) is 6.92 Å². The highest BCUT2D eigenvalue weighted by atomic mass is 16.5. The van der Waals surface area contributed by atoms with Crippen LogP contribution in [0, 0.1) is 6.92 Å². The lowest BCUT2D eigenvalue weighted by atomic mass is 10.0. The SMILES string of the molecule is COC(=O)c1ccc(C)c(NC(=O)COc2ccc3ccccc3c2C=O)c1. The van der Waals surface area contributed by atoms with Crippen molar-refractivity contribution < 1.29 is 23.9 Å². The Morgan fingerprint density at radius 3 is 2.61 bits per heavy atom. The molecular weight excluding hydrogens is 358 g/mol. The average Bonchev–Trinajstić information content (AvgIpc) is 2.72. The van der Waals surface area contributed by atoms with E-state index in [1.165, 1.54) is 7.11 Å². The number of fused-ring (bicyclic) bond motifs is 1. The minimum Gasteiger partial charge on any atom is -0.483 e. The summed E-state index contributed by atoms with van der Waals surface area (Å²) >= 11 is 0. The number of methoxy groups -OCH3 is 1. The molecule has 0 saturated carbocycles. The zero-order valence-corrected chi connectivity index (χ0v) is 15.5. The number of aryl methyl sites for hydroxylation is 1. The molecule has 0 bridgehead atoms. The second kappa shape index (κ2) is 8.35. The van der Waals surface area contributed by atoms with Gasteiger partial charge in [0.05, 0.1) is 18.2 Å². The number of esters is 1. The Bertz CT molecular complexity index is 1060. The van der Waals surface area contributed by atoms with Gasteiger partial charge in [-0.15, -0.1) is 0 Å². The highest BCUT2D eigenvalue weighted by Gasteiger charge is 2.13. The predicted molar refractivity (Wildman–Crippen MR) is 106 cm³/mol. The van der Waals surface area contributed by atoms with Gasteiger partial charge in [0.2, 0.25) is 0 Å². The molecule has 0 aliphatic heterocycles. The molecule has 1 N–H and O–H groups in total. The predicted octanol–water partition coefficient (Wildman–Crippen LogP) is 3.76. The molecule has 0 unspecified atom stereocenters. The molecule has 0 atom stereocenters. The summed E-state index contributed by atoms with van der Waals surface area (Å²) in [4.78, 5) is 35.5. The van der Waals surface area contributed by atoms with Gasteiger partial charge in [0.1, 0.15) is 5.75 Å². The van der Waals surface area contributed by atoms with E-state index in [9.17, 15) is 14.4 Å². The number of ether oxygens (including phenoxy) is 2. The highest BCUT2D eigenvalue weighted by Crippen LogP contribution is 2.26. The molecule has 0 aliphatic rings. The van der Waals surface area contributed by atoms with Crippen LogP contribution >= 0.6 is 0 Å². The fraction of sp³-hybridized carbons (Fsp3) is 0.136. The third-order valence-electron chi connectivity index (χ3n) is 4.34. The molecule has 3 aromatic carbocycles. The molecule has 0 spiro atoms. The molecule has 0 radical (unpaired) electrons. The molecular formula is C22H19NO5.